The molecule has 3 rings (SSSR count). The van der Waals surface area contributed by atoms with Gasteiger partial charge in [0.15, 0.2) is 0 Å². The molecule has 3 nitrogen and oxygen atoms in total. The predicted octanol–water partition coefficient (Wildman–Crippen LogP) is 3.90. The zero-order chi connectivity index (χ0) is 13.8. The van der Waals surface area contributed by atoms with E-state index in [1.54, 1.807) is 0 Å². The number of ether oxygens (including phenoxy) is 1. The Balaban J connectivity index is 1.40. The maximum atomic E-state index is 5.85. The molecule has 1 atom stereocenters. The molecule has 1 aromatic heterocycles. The Morgan fingerprint density at radius 2 is 2.20 bits per heavy atom. The van der Waals surface area contributed by atoms with E-state index in [2.05, 4.69) is 24.4 Å². The predicted molar refractivity (Wildman–Crippen MR) is 80.8 cm³/mol. The molecule has 0 saturated heterocycles. The largest absolute Gasteiger partial charge is 0.459 e. The molecule has 2 aromatic rings. The van der Waals surface area contributed by atoms with Gasteiger partial charge in [0, 0.05) is 18.6 Å². The van der Waals surface area contributed by atoms with E-state index in [9.17, 15) is 0 Å². The quantitative estimate of drug-likeness (QED) is 0.741. The Labute approximate surface area is 120 Å². The first-order valence-corrected chi connectivity index (χ1v) is 7.62. The molecule has 0 spiro atoms. The lowest BCUT2D eigenvalue weighted by Gasteiger charge is -2.11. The van der Waals surface area contributed by atoms with Crippen LogP contribution in [0, 0.1) is 5.92 Å². The summed E-state index contributed by atoms with van der Waals surface area (Å²) in [5, 5.41) is 4.66. The zero-order valence-corrected chi connectivity index (χ0v) is 12.1. The van der Waals surface area contributed by atoms with Crippen LogP contribution in [0.1, 0.15) is 38.0 Å². The Morgan fingerprint density at radius 1 is 1.35 bits per heavy atom. The van der Waals surface area contributed by atoms with Gasteiger partial charge in [-0.05, 0) is 50.8 Å². The van der Waals surface area contributed by atoms with Gasteiger partial charge in [0.25, 0.3) is 0 Å². The van der Waals surface area contributed by atoms with Crippen LogP contribution in [0.2, 0.25) is 0 Å². The molecule has 0 aliphatic heterocycles. The van der Waals surface area contributed by atoms with E-state index in [1.165, 1.54) is 18.2 Å². The van der Waals surface area contributed by atoms with E-state index in [4.69, 9.17) is 9.15 Å². The van der Waals surface area contributed by atoms with E-state index >= 15 is 0 Å². The lowest BCUT2D eigenvalue weighted by Crippen LogP contribution is -2.20. The second kappa shape index (κ2) is 6.42. The lowest BCUT2D eigenvalue weighted by molar-refractivity contribution is 0.121. The minimum Gasteiger partial charge on any atom is -0.459 e. The third-order valence-corrected chi connectivity index (χ3v) is 3.84. The fraction of sp³-hybridized carbons (Fsp3) is 0.529. The SMILES string of the molecule is CC(NCCCOCC1CC1)c1cc2ccccc2o1. The van der Waals surface area contributed by atoms with Crippen molar-refractivity contribution in [3.63, 3.8) is 0 Å². The molecule has 3 heteroatoms. The van der Waals surface area contributed by atoms with Gasteiger partial charge in [0.2, 0.25) is 0 Å². The highest BCUT2D eigenvalue weighted by Crippen LogP contribution is 2.28. The van der Waals surface area contributed by atoms with Crippen molar-refractivity contribution in [3.05, 3.63) is 36.1 Å². The second-order valence-corrected chi connectivity index (χ2v) is 5.73. The van der Waals surface area contributed by atoms with E-state index in [1.807, 2.05) is 18.2 Å². The summed E-state index contributed by atoms with van der Waals surface area (Å²) in [6, 6.07) is 10.5. The smallest absolute Gasteiger partial charge is 0.134 e. The van der Waals surface area contributed by atoms with Crippen LogP contribution in [-0.2, 0) is 4.74 Å². The molecule has 0 bridgehead atoms. The molecule has 0 radical (unpaired) electrons. The highest BCUT2D eigenvalue weighted by atomic mass is 16.5. The number of furan rings is 1. The van der Waals surface area contributed by atoms with Crippen LogP contribution in [0.3, 0.4) is 0 Å². The Bertz CT molecular complexity index is 512. The number of benzene rings is 1. The van der Waals surface area contributed by atoms with Gasteiger partial charge in [-0.25, -0.2) is 0 Å². The average Bonchev–Trinajstić information content (AvgIpc) is 3.18. The number of hydrogen-bond acceptors (Lipinski definition) is 3. The summed E-state index contributed by atoms with van der Waals surface area (Å²) < 4.78 is 11.5. The molecule has 1 unspecified atom stereocenters. The zero-order valence-electron chi connectivity index (χ0n) is 12.1. The third-order valence-electron chi connectivity index (χ3n) is 3.84. The summed E-state index contributed by atoms with van der Waals surface area (Å²) in [7, 11) is 0. The van der Waals surface area contributed by atoms with Crippen molar-refractivity contribution >= 4 is 11.0 Å². The number of nitrogens with one attached hydrogen (secondary N) is 1. The van der Waals surface area contributed by atoms with Crippen molar-refractivity contribution in [2.24, 2.45) is 5.92 Å². The van der Waals surface area contributed by atoms with Gasteiger partial charge in [-0.3, -0.25) is 0 Å². The van der Waals surface area contributed by atoms with E-state index in [0.717, 1.165) is 43.4 Å². The van der Waals surface area contributed by atoms with Crippen LogP contribution in [0.4, 0.5) is 0 Å². The molecule has 1 N–H and O–H groups in total. The number of para-hydroxylation sites is 1. The molecule has 1 saturated carbocycles. The lowest BCUT2D eigenvalue weighted by atomic mass is 10.2. The highest BCUT2D eigenvalue weighted by molar-refractivity contribution is 5.77. The third kappa shape index (κ3) is 3.62. The first kappa shape index (κ1) is 13.7. The number of rotatable bonds is 8. The Kier molecular flexibility index (Phi) is 4.38. The van der Waals surface area contributed by atoms with Gasteiger partial charge in [-0.2, -0.15) is 0 Å². The number of fused-ring (bicyclic) bond motifs is 1. The topological polar surface area (TPSA) is 34.4 Å². The van der Waals surface area contributed by atoms with Gasteiger partial charge in [-0.1, -0.05) is 18.2 Å². The molecule has 1 aliphatic rings. The molecule has 0 amide bonds. The van der Waals surface area contributed by atoms with Crippen LogP contribution in [0.25, 0.3) is 11.0 Å². The van der Waals surface area contributed by atoms with Crippen LogP contribution in [0.15, 0.2) is 34.7 Å². The molecule has 1 aromatic carbocycles. The van der Waals surface area contributed by atoms with Crippen LogP contribution >= 0.6 is 0 Å². The van der Waals surface area contributed by atoms with E-state index in [0.29, 0.717) is 0 Å². The Morgan fingerprint density at radius 3 is 3.00 bits per heavy atom. The van der Waals surface area contributed by atoms with Crippen LogP contribution in [-0.4, -0.2) is 19.8 Å². The summed E-state index contributed by atoms with van der Waals surface area (Å²) in [6.45, 7) is 4.92. The molecule has 1 fully saturated rings. The maximum absolute atomic E-state index is 5.85. The van der Waals surface area contributed by atoms with Crippen molar-refractivity contribution in [1.82, 2.24) is 5.32 Å². The van der Waals surface area contributed by atoms with Crippen molar-refractivity contribution < 1.29 is 9.15 Å². The Hall–Kier alpha value is -1.32. The number of hydrogen-bond donors (Lipinski definition) is 1. The van der Waals surface area contributed by atoms with Gasteiger partial charge >= 0.3 is 0 Å². The van der Waals surface area contributed by atoms with Gasteiger partial charge < -0.3 is 14.5 Å². The van der Waals surface area contributed by atoms with Crippen molar-refractivity contribution in [2.75, 3.05) is 19.8 Å². The fourth-order valence-electron chi connectivity index (χ4n) is 2.34. The monoisotopic (exact) mass is 273 g/mol. The maximum Gasteiger partial charge on any atom is 0.134 e. The molecule has 1 aliphatic carbocycles. The van der Waals surface area contributed by atoms with Crippen molar-refractivity contribution in [2.45, 2.75) is 32.2 Å². The van der Waals surface area contributed by atoms with Gasteiger partial charge in [0.05, 0.1) is 6.04 Å². The average molecular weight is 273 g/mol. The van der Waals surface area contributed by atoms with Gasteiger partial charge in [0.1, 0.15) is 11.3 Å². The summed E-state index contributed by atoms with van der Waals surface area (Å²) in [5.74, 6) is 1.86. The molecular formula is C17H23NO2. The van der Waals surface area contributed by atoms with Crippen molar-refractivity contribution in [1.29, 1.82) is 0 Å². The molecular weight excluding hydrogens is 250 g/mol. The van der Waals surface area contributed by atoms with Crippen LogP contribution < -0.4 is 5.32 Å². The fourth-order valence-corrected chi connectivity index (χ4v) is 2.34. The first-order valence-electron chi connectivity index (χ1n) is 7.62. The van der Waals surface area contributed by atoms with E-state index < -0.39 is 0 Å². The summed E-state index contributed by atoms with van der Waals surface area (Å²) in [6.07, 6.45) is 3.78. The second-order valence-electron chi connectivity index (χ2n) is 5.73. The van der Waals surface area contributed by atoms with E-state index in [-0.39, 0.29) is 6.04 Å². The summed E-state index contributed by atoms with van der Waals surface area (Å²) in [4.78, 5) is 0. The highest BCUT2D eigenvalue weighted by Gasteiger charge is 2.20. The van der Waals surface area contributed by atoms with Gasteiger partial charge in [-0.15, -0.1) is 0 Å². The molecule has 20 heavy (non-hydrogen) atoms. The minimum absolute atomic E-state index is 0.242. The summed E-state index contributed by atoms with van der Waals surface area (Å²) >= 11 is 0. The molecule has 1 heterocycles. The standard InChI is InChI=1S/C17H23NO2/c1-13(18-9-4-10-19-12-14-7-8-14)17-11-15-5-2-3-6-16(15)20-17/h2-3,5-6,11,13-14,18H,4,7-10,12H2,1H3. The summed E-state index contributed by atoms with van der Waals surface area (Å²) in [5.41, 5.74) is 0.962. The molecule has 108 valence electrons. The first-order chi connectivity index (χ1) is 9.83. The minimum atomic E-state index is 0.242. The normalized spacial score (nSPS) is 16.6. The van der Waals surface area contributed by atoms with Crippen LogP contribution in [0.5, 0.6) is 0 Å². The van der Waals surface area contributed by atoms with Crippen molar-refractivity contribution in [3.8, 4) is 0 Å².